The SMILES string of the molecule is c1cc(CP(C2CCCCC2)C2CCCCC2)[n-]c1CP(C1CCCCC1)C1CCCCC1. The highest BCUT2D eigenvalue weighted by Crippen LogP contribution is 2.59. The number of rotatable bonds is 8. The Morgan fingerprint density at radius 3 is 1.00 bits per heavy atom. The molecule has 0 radical (unpaired) electrons. The van der Waals surface area contributed by atoms with Crippen LogP contribution in [-0.4, -0.2) is 22.6 Å². The normalized spacial score (nSPS) is 25.3. The van der Waals surface area contributed by atoms with Gasteiger partial charge in [0, 0.05) is 0 Å². The van der Waals surface area contributed by atoms with Gasteiger partial charge in [0.05, 0.1) is 0 Å². The highest BCUT2D eigenvalue weighted by molar-refractivity contribution is 7.58. The molecule has 0 N–H and O–H groups in total. The van der Waals surface area contributed by atoms with E-state index in [4.69, 9.17) is 4.98 Å². The van der Waals surface area contributed by atoms with E-state index in [1.54, 1.807) is 0 Å². The Balaban J connectivity index is 1.26. The molecule has 0 spiro atoms. The van der Waals surface area contributed by atoms with Gasteiger partial charge in [-0.05, 0) is 86.3 Å². The van der Waals surface area contributed by atoms with E-state index in [1.807, 2.05) is 0 Å². The first kappa shape index (κ1) is 24.8. The molecular formula is C30H50NP2-. The van der Waals surface area contributed by atoms with Crippen LogP contribution in [0.15, 0.2) is 12.1 Å². The second-order valence-electron chi connectivity index (χ2n) is 11.9. The average Bonchev–Trinajstić information content (AvgIpc) is 3.35. The molecule has 3 heteroatoms. The Morgan fingerprint density at radius 1 is 0.455 bits per heavy atom. The molecule has 5 rings (SSSR count). The molecule has 0 unspecified atom stereocenters. The van der Waals surface area contributed by atoms with Crippen LogP contribution in [0.4, 0.5) is 0 Å². The molecule has 1 heterocycles. The fourth-order valence-corrected chi connectivity index (χ4v) is 15.2. The Bertz CT molecular complexity index is 583. The van der Waals surface area contributed by atoms with Crippen LogP contribution >= 0.6 is 15.8 Å². The topological polar surface area (TPSA) is 14.1 Å². The van der Waals surface area contributed by atoms with E-state index < -0.39 is 0 Å². The van der Waals surface area contributed by atoms with Gasteiger partial charge >= 0.3 is 0 Å². The van der Waals surface area contributed by atoms with Gasteiger partial charge in [0.25, 0.3) is 0 Å². The largest absolute Gasteiger partial charge is 0.664 e. The Labute approximate surface area is 207 Å². The van der Waals surface area contributed by atoms with Gasteiger partial charge < -0.3 is 4.98 Å². The summed E-state index contributed by atoms with van der Waals surface area (Å²) in [6.07, 6.45) is 33.0. The maximum atomic E-state index is 5.40. The average molecular weight is 487 g/mol. The maximum absolute atomic E-state index is 5.40. The summed E-state index contributed by atoms with van der Waals surface area (Å²) in [7, 11) is 0.276. The lowest BCUT2D eigenvalue weighted by molar-refractivity contribution is 0.483. The quantitative estimate of drug-likeness (QED) is 0.333. The van der Waals surface area contributed by atoms with E-state index in [2.05, 4.69) is 12.1 Å². The zero-order valence-corrected chi connectivity index (χ0v) is 23.2. The third-order valence-electron chi connectivity index (χ3n) is 9.62. The summed E-state index contributed by atoms with van der Waals surface area (Å²) in [5.74, 6) is 0. The monoisotopic (exact) mass is 486 g/mol. The van der Waals surface area contributed by atoms with Gasteiger partial charge in [-0.3, -0.25) is 0 Å². The maximum Gasteiger partial charge on any atom is -0.0204 e. The van der Waals surface area contributed by atoms with E-state index in [-0.39, 0.29) is 15.8 Å². The Hall–Kier alpha value is 0.140. The lowest BCUT2D eigenvalue weighted by Crippen LogP contribution is -2.22. The molecule has 1 aromatic heterocycles. The van der Waals surface area contributed by atoms with Gasteiger partial charge in [0.15, 0.2) is 0 Å². The molecule has 0 atom stereocenters. The first-order chi connectivity index (χ1) is 16.4. The van der Waals surface area contributed by atoms with Crippen LogP contribution in [0.3, 0.4) is 0 Å². The van der Waals surface area contributed by atoms with Crippen molar-refractivity contribution in [3.05, 3.63) is 23.5 Å². The van der Waals surface area contributed by atoms with E-state index >= 15 is 0 Å². The van der Waals surface area contributed by atoms with Crippen LogP contribution in [0.2, 0.25) is 0 Å². The molecule has 4 fully saturated rings. The van der Waals surface area contributed by atoms with Crippen molar-refractivity contribution in [2.45, 2.75) is 163 Å². The molecule has 0 saturated heterocycles. The van der Waals surface area contributed by atoms with Gasteiger partial charge in [-0.2, -0.15) is 11.4 Å². The van der Waals surface area contributed by atoms with Crippen LogP contribution in [-0.2, 0) is 12.3 Å². The van der Waals surface area contributed by atoms with Crippen molar-refractivity contribution in [3.8, 4) is 0 Å². The molecule has 4 aliphatic rings. The molecule has 186 valence electrons. The van der Waals surface area contributed by atoms with Crippen molar-refractivity contribution < 1.29 is 0 Å². The van der Waals surface area contributed by atoms with Crippen LogP contribution in [0.25, 0.3) is 0 Å². The minimum Gasteiger partial charge on any atom is -0.664 e. The summed E-state index contributed by atoms with van der Waals surface area (Å²) in [4.78, 5) is 5.40. The lowest BCUT2D eigenvalue weighted by atomic mass is 9.99. The first-order valence-corrected chi connectivity index (χ1v) is 18.3. The zero-order valence-electron chi connectivity index (χ0n) is 21.4. The minimum absolute atomic E-state index is 0.138. The van der Waals surface area contributed by atoms with E-state index in [9.17, 15) is 0 Å². The first-order valence-electron chi connectivity index (χ1n) is 15.0. The highest BCUT2D eigenvalue weighted by atomic mass is 31.1. The predicted molar refractivity (Wildman–Crippen MR) is 149 cm³/mol. The van der Waals surface area contributed by atoms with Gasteiger partial charge in [0.2, 0.25) is 0 Å². The van der Waals surface area contributed by atoms with Crippen molar-refractivity contribution >= 4 is 15.8 Å². The summed E-state index contributed by atoms with van der Waals surface area (Å²) in [5.41, 5.74) is 7.21. The van der Waals surface area contributed by atoms with Crippen molar-refractivity contribution in [1.29, 1.82) is 0 Å². The van der Waals surface area contributed by atoms with Crippen molar-refractivity contribution in [2.75, 3.05) is 0 Å². The molecule has 1 nitrogen and oxygen atoms in total. The molecule has 4 aliphatic carbocycles. The molecule has 4 saturated carbocycles. The molecule has 0 bridgehead atoms. The smallest absolute Gasteiger partial charge is 0.0204 e. The standard InChI is InChI=1S/C30H50NP2/c1-5-13-27(14-6-1)32(28-15-7-2-8-16-28)23-25-21-22-26(31-25)24-33(29-17-9-3-10-18-29)30-19-11-4-12-20-30/h21-22,27-30H,1-20,23-24H2/q-1. The Kier molecular flexibility index (Phi) is 9.71. The predicted octanol–water partition coefficient (Wildman–Crippen LogP) is 9.94. The highest BCUT2D eigenvalue weighted by Gasteiger charge is 2.32. The van der Waals surface area contributed by atoms with Crippen LogP contribution in [0.1, 0.15) is 140 Å². The number of nitrogens with zero attached hydrogens (tertiary/aromatic N) is 1. The Morgan fingerprint density at radius 2 is 0.727 bits per heavy atom. The van der Waals surface area contributed by atoms with E-state index in [1.165, 1.54) is 152 Å². The van der Waals surface area contributed by atoms with Gasteiger partial charge in [-0.25, -0.2) is 0 Å². The van der Waals surface area contributed by atoms with Crippen LogP contribution in [0.5, 0.6) is 0 Å². The third kappa shape index (κ3) is 6.88. The minimum atomic E-state index is 0.138. The lowest BCUT2D eigenvalue weighted by Gasteiger charge is -2.40. The molecule has 0 amide bonds. The molecule has 1 aromatic rings. The summed E-state index contributed by atoms with van der Waals surface area (Å²) in [5, 5.41) is 0. The number of hydrogen-bond acceptors (Lipinski definition) is 0. The van der Waals surface area contributed by atoms with E-state index in [0.717, 1.165) is 22.6 Å². The molecule has 33 heavy (non-hydrogen) atoms. The number of aromatic nitrogens is 1. The van der Waals surface area contributed by atoms with Crippen LogP contribution < -0.4 is 4.98 Å². The second kappa shape index (κ2) is 12.9. The summed E-state index contributed by atoms with van der Waals surface area (Å²) < 4.78 is 0. The molecular weight excluding hydrogens is 436 g/mol. The van der Waals surface area contributed by atoms with Crippen LogP contribution in [0, 0.1) is 0 Å². The van der Waals surface area contributed by atoms with Crippen molar-refractivity contribution in [2.24, 2.45) is 0 Å². The zero-order chi connectivity index (χ0) is 22.3. The fraction of sp³-hybridized carbons (Fsp3) is 0.867. The third-order valence-corrected chi connectivity index (χ3v) is 16.8. The van der Waals surface area contributed by atoms with E-state index in [0.29, 0.717) is 0 Å². The fourth-order valence-electron chi connectivity index (χ4n) is 7.77. The summed E-state index contributed by atoms with van der Waals surface area (Å²) >= 11 is 0. The van der Waals surface area contributed by atoms with Gasteiger partial charge in [-0.1, -0.05) is 105 Å². The van der Waals surface area contributed by atoms with Gasteiger partial charge in [0.1, 0.15) is 0 Å². The molecule has 0 aliphatic heterocycles. The molecule has 0 aromatic carbocycles. The van der Waals surface area contributed by atoms with Crippen molar-refractivity contribution in [1.82, 2.24) is 4.98 Å². The van der Waals surface area contributed by atoms with Gasteiger partial charge in [-0.15, -0.1) is 0 Å². The summed E-state index contributed by atoms with van der Waals surface area (Å²) in [6, 6.07) is 4.96. The number of hydrogen-bond donors (Lipinski definition) is 0. The van der Waals surface area contributed by atoms with Crippen molar-refractivity contribution in [3.63, 3.8) is 0 Å². The summed E-state index contributed by atoms with van der Waals surface area (Å²) in [6.45, 7) is 0. The second-order valence-corrected chi connectivity index (χ2v) is 17.6.